The van der Waals surface area contributed by atoms with Gasteiger partial charge in [0.05, 0.1) is 28.3 Å². The van der Waals surface area contributed by atoms with Crippen LogP contribution >= 0.6 is 0 Å². The molecule has 0 spiro atoms. The van der Waals surface area contributed by atoms with Gasteiger partial charge in [-0.15, -0.1) is 5.10 Å². The lowest BCUT2D eigenvalue weighted by atomic mass is 10.1. The fourth-order valence-corrected chi connectivity index (χ4v) is 6.74. The van der Waals surface area contributed by atoms with Gasteiger partial charge < -0.3 is 25.6 Å². The Hall–Kier alpha value is -3.94. The molecule has 0 aliphatic carbocycles. The van der Waals surface area contributed by atoms with Crippen LogP contribution in [0.2, 0.25) is 0 Å². The molecular weight excluding hydrogens is 534 g/mol. The molecular formula is C27H33N7O5S. The average Bonchev–Trinajstić information content (AvgIpc) is 3.32. The molecule has 4 N–H and O–H groups in total. The molecule has 0 bridgehead atoms. The Labute approximate surface area is 233 Å². The first kappa shape index (κ1) is 27.6. The molecule has 1 fully saturated rings. The zero-order chi connectivity index (χ0) is 28.4. The second-order valence-corrected chi connectivity index (χ2v) is 11.8. The van der Waals surface area contributed by atoms with Crippen molar-refractivity contribution in [2.45, 2.75) is 23.6 Å². The van der Waals surface area contributed by atoms with Gasteiger partial charge in [0.2, 0.25) is 0 Å². The minimum atomic E-state index is -3.95. The number of hydrogen-bond acceptors (Lipinski definition) is 10. The minimum absolute atomic E-state index is 0.0488. The van der Waals surface area contributed by atoms with Crippen LogP contribution in [0.5, 0.6) is 0 Å². The summed E-state index contributed by atoms with van der Waals surface area (Å²) in [6, 6.07) is 13.2. The zero-order valence-corrected chi connectivity index (χ0v) is 23.3. The Morgan fingerprint density at radius 3 is 2.52 bits per heavy atom. The Morgan fingerprint density at radius 1 is 1.12 bits per heavy atom. The van der Waals surface area contributed by atoms with Crippen LogP contribution in [0.3, 0.4) is 0 Å². The number of aromatic nitrogens is 2. The quantitative estimate of drug-likeness (QED) is 0.378. The molecule has 5 rings (SSSR count). The fourth-order valence-electron chi connectivity index (χ4n) is 5.04. The van der Waals surface area contributed by atoms with Gasteiger partial charge in [0.15, 0.2) is 15.7 Å². The summed E-state index contributed by atoms with van der Waals surface area (Å²) in [6.07, 6.45) is -0.451. The molecule has 0 saturated carbocycles. The van der Waals surface area contributed by atoms with Crippen molar-refractivity contribution in [3.05, 3.63) is 65.4 Å². The Bertz CT molecular complexity index is 1520. The SMILES string of the molecule is CCOC(=O)n1nc(NC(=O)c2ccc(N3CCN(C)CC3)cc2N)c2c1CCNC2S(=O)(=O)c1ccccc1. The van der Waals surface area contributed by atoms with Crippen LogP contribution in [-0.2, 0) is 21.0 Å². The predicted octanol–water partition coefficient (Wildman–Crippen LogP) is 2.09. The van der Waals surface area contributed by atoms with E-state index in [2.05, 4.69) is 32.6 Å². The number of fused-ring (bicyclic) bond motifs is 1. The molecule has 212 valence electrons. The number of likely N-dealkylation sites (N-methyl/N-ethyl adjacent to an activating group) is 1. The molecule has 40 heavy (non-hydrogen) atoms. The summed E-state index contributed by atoms with van der Waals surface area (Å²) in [5, 5.41) is 8.82. The Kier molecular flexibility index (Phi) is 7.79. The molecule has 12 nitrogen and oxygen atoms in total. The maximum Gasteiger partial charge on any atom is 0.434 e. The van der Waals surface area contributed by atoms with Crippen LogP contribution in [0.1, 0.15) is 33.9 Å². The van der Waals surface area contributed by atoms with E-state index < -0.39 is 27.2 Å². The molecule has 2 aromatic carbocycles. The molecule has 0 radical (unpaired) electrons. The van der Waals surface area contributed by atoms with Gasteiger partial charge in [-0.2, -0.15) is 4.68 Å². The fraction of sp³-hybridized carbons (Fsp3) is 0.370. The van der Waals surface area contributed by atoms with Crippen molar-refractivity contribution in [2.75, 3.05) is 62.3 Å². The van der Waals surface area contributed by atoms with Crippen LogP contribution in [0.4, 0.5) is 22.0 Å². The van der Waals surface area contributed by atoms with Gasteiger partial charge in [-0.1, -0.05) is 18.2 Å². The smallest absolute Gasteiger partial charge is 0.434 e. The predicted molar refractivity (Wildman–Crippen MR) is 151 cm³/mol. The van der Waals surface area contributed by atoms with Crippen LogP contribution in [-0.4, -0.2) is 81.5 Å². The van der Waals surface area contributed by atoms with Gasteiger partial charge >= 0.3 is 6.09 Å². The number of ether oxygens (including phenoxy) is 1. The maximum absolute atomic E-state index is 13.7. The van der Waals surface area contributed by atoms with Gasteiger partial charge in [-0.3, -0.25) is 10.1 Å². The first-order valence-corrected chi connectivity index (χ1v) is 14.7. The number of nitrogens with one attached hydrogen (secondary N) is 2. The summed E-state index contributed by atoms with van der Waals surface area (Å²) in [5.74, 6) is -0.618. The largest absolute Gasteiger partial charge is 0.448 e. The molecule has 13 heteroatoms. The van der Waals surface area contributed by atoms with E-state index in [4.69, 9.17) is 10.5 Å². The lowest BCUT2D eigenvalue weighted by Gasteiger charge is -2.34. The number of sulfone groups is 1. The third kappa shape index (κ3) is 5.27. The second kappa shape index (κ2) is 11.3. The first-order valence-electron chi connectivity index (χ1n) is 13.2. The van der Waals surface area contributed by atoms with E-state index in [0.717, 1.165) is 36.5 Å². The summed E-state index contributed by atoms with van der Waals surface area (Å²) in [6.45, 7) is 5.61. The molecule has 1 saturated heterocycles. The van der Waals surface area contributed by atoms with Crippen LogP contribution < -0.4 is 21.3 Å². The van der Waals surface area contributed by atoms with Gasteiger partial charge in [-0.05, 0) is 44.3 Å². The monoisotopic (exact) mass is 567 g/mol. The number of rotatable bonds is 6. The number of hydrogen-bond donors (Lipinski definition) is 3. The number of carbonyl (C=O) groups excluding carboxylic acids is 2. The second-order valence-electron chi connectivity index (χ2n) is 9.78. The highest BCUT2D eigenvalue weighted by molar-refractivity contribution is 7.91. The highest BCUT2D eigenvalue weighted by Gasteiger charge is 2.39. The standard InChI is InChI=1S/C27H33N7O5S/c1-3-39-27(36)34-22-11-12-29-26(40(37,38)19-7-5-4-6-8-19)23(22)24(31-34)30-25(35)20-10-9-18(17-21(20)28)33-15-13-32(2)14-16-33/h4-10,17,26,29H,3,11-16,28H2,1-2H3,(H,30,31,35). The van der Waals surface area contributed by atoms with Crippen molar-refractivity contribution in [3.63, 3.8) is 0 Å². The molecule has 1 amide bonds. The van der Waals surface area contributed by atoms with E-state index in [-0.39, 0.29) is 40.7 Å². The molecule has 1 aromatic heterocycles. The summed E-state index contributed by atoms with van der Waals surface area (Å²) >= 11 is 0. The van der Waals surface area contributed by atoms with Gasteiger partial charge in [0.1, 0.15) is 5.37 Å². The van der Waals surface area contributed by atoms with Crippen LogP contribution in [0, 0.1) is 0 Å². The van der Waals surface area contributed by atoms with E-state index in [9.17, 15) is 18.0 Å². The minimum Gasteiger partial charge on any atom is -0.448 e. The van der Waals surface area contributed by atoms with Crippen LogP contribution in [0.15, 0.2) is 53.4 Å². The topological polar surface area (TPSA) is 152 Å². The third-order valence-electron chi connectivity index (χ3n) is 7.18. The molecule has 1 atom stereocenters. The van der Waals surface area contributed by atoms with E-state index in [1.54, 1.807) is 37.3 Å². The van der Waals surface area contributed by atoms with Crippen LogP contribution in [0.25, 0.3) is 0 Å². The maximum atomic E-state index is 13.7. The molecule has 3 heterocycles. The third-order valence-corrected chi connectivity index (χ3v) is 9.13. The lowest BCUT2D eigenvalue weighted by Crippen LogP contribution is -2.44. The number of anilines is 3. The first-order chi connectivity index (χ1) is 19.2. The number of carbonyl (C=O) groups is 2. The van der Waals surface area contributed by atoms with Crippen molar-refractivity contribution < 1.29 is 22.7 Å². The van der Waals surface area contributed by atoms with E-state index >= 15 is 0 Å². The number of benzene rings is 2. The van der Waals surface area contributed by atoms with Gasteiger partial charge in [0.25, 0.3) is 5.91 Å². The molecule has 2 aliphatic rings. The Balaban J connectivity index is 1.49. The highest BCUT2D eigenvalue weighted by atomic mass is 32.2. The average molecular weight is 568 g/mol. The molecule has 3 aromatic rings. The highest BCUT2D eigenvalue weighted by Crippen LogP contribution is 2.37. The van der Waals surface area contributed by atoms with Crippen molar-refractivity contribution in [2.24, 2.45) is 0 Å². The van der Waals surface area contributed by atoms with E-state index in [1.165, 1.54) is 12.1 Å². The molecule has 1 unspecified atom stereocenters. The lowest BCUT2D eigenvalue weighted by molar-refractivity contribution is 0.102. The zero-order valence-electron chi connectivity index (χ0n) is 22.5. The normalized spacial score (nSPS) is 17.8. The number of nitrogen functional groups attached to an aromatic ring is 1. The summed E-state index contributed by atoms with van der Waals surface area (Å²) in [5.41, 5.74) is 8.27. The van der Waals surface area contributed by atoms with Crippen molar-refractivity contribution >= 4 is 39.0 Å². The number of nitrogens with two attached hydrogens (primary N) is 1. The number of piperazine rings is 1. The summed E-state index contributed by atoms with van der Waals surface area (Å²) in [4.78, 5) is 30.7. The number of amides is 1. The van der Waals surface area contributed by atoms with Crippen molar-refractivity contribution in [1.29, 1.82) is 0 Å². The van der Waals surface area contributed by atoms with Gasteiger partial charge in [0, 0.05) is 50.5 Å². The van der Waals surface area contributed by atoms with Crippen molar-refractivity contribution in [1.82, 2.24) is 20.0 Å². The summed E-state index contributed by atoms with van der Waals surface area (Å²) in [7, 11) is -1.88. The van der Waals surface area contributed by atoms with Gasteiger partial charge in [-0.25, -0.2) is 13.2 Å². The van der Waals surface area contributed by atoms with E-state index in [0.29, 0.717) is 12.1 Å². The summed E-state index contributed by atoms with van der Waals surface area (Å²) < 4.78 is 33.5. The molecule has 2 aliphatic heterocycles. The van der Waals surface area contributed by atoms with E-state index in [1.807, 2.05) is 6.07 Å². The Morgan fingerprint density at radius 2 is 1.85 bits per heavy atom. The number of nitrogens with zero attached hydrogens (tertiary/aromatic N) is 4. The van der Waals surface area contributed by atoms with Crippen molar-refractivity contribution in [3.8, 4) is 0 Å².